The number of non-ortho nitro benzene ring substituents is 1. The summed E-state index contributed by atoms with van der Waals surface area (Å²) in [5, 5.41) is 17.9. The van der Waals surface area contributed by atoms with Gasteiger partial charge in [0.25, 0.3) is 5.69 Å². The maximum atomic E-state index is 11.2. The molecule has 0 amide bonds. The van der Waals surface area contributed by atoms with Crippen LogP contribution in [0.3, 0.4) is 0 Å². The van der Waals surface area contributed by atoms with Crippen LogP contribution < -0.4 is 9.54 Å². The minimum atomic E-state index is -0.426. The van der Waals surface area contributed by atoms with Crippen LogP contribution in [0.25, 0.3) is 22.6 Å². The van der Waals surface area contributed by atoms with Crippen molar-refractivity contribution in [2.45, 2.75) is 19.8 Å². The second kappa shape index (κ2) is 11.3. The van der Waals surface area contributed by atoms with Crippen LogP contribution in [0.15, 0.2) is 105 Å². The van der Waals surface area contributed by atoms with Gasteiger partial charge in [-0.05, 0) is 60.0 Å². The summed E-state index contributed by atoms with van der Waals surface area (Å²) in [4.78, 5) is 16.3. The Labute approximate surface area is 229 Å². The number of benzene rings is 3. The second-order valence-corrected chi connectivity index (χ2v) is 9.89. The topological polar surface area (TPSA) is 95.2 Å². The Kier molecular flexibility index (Phi) is 7.51. The Hall–Kier alpha value is -4.76. The van der Waals surface area contributed by atoms with Gasteiger partial charge in [-0.2, -0.15) is 5.10 Å². The zero-order valence-corrected chi connectivity index (χ0v) is 22.5. The van der Waals surface area contributed by atoms with E-state index >= 15 is 0 Å². The number of thiazole rings is 1. The molecule has 2 heterocycles. The normalized spacial score (nSPS) is 11.9. The molecule has 196 valence electrons. The number of methoxy groups -OCH3 is 1. The first-order valence-electron chi connectivity index (χ1n) is 12.3. The van der Waals surface area contributed by atoms with Gasteiger partial charge in [-0.15, -0.1) is 11.3 Å². The molecule has 0 fully saturated rings. The lowest BCUT2D eigenvalue weighted by Gasteiger charge is -2.06. The van der Waals surface area contributed by atoms with Crippen LogP contribution in [0.2, 0.25) is 0 Å². The third-order valence-electron chi connectivity index (χ3n) is 6.12. The first-order chi connectivity index (χ1) is 18.9. The standard InChI is InChI=1S/C30H26N4O4S/c1-20(2)21-7-11-24(12-8-21)32-30-33(28(19-39-30)22-9-13-26(37-3)14-10-22)31-18-27-15-16-29(38-27)23-5-4-6-25(17-23)34(35)36/h4-20H,1-3H3/b31-18+,32-30?. The van der Waals surface area contributed by atoms with Crippen molar-refractivity contribution < 1.29 is 14.1 Å². The maximum Gasteiger partial charge on any atom is 0.270 e. The zero-order valence-electron chi connectivity index (χ0n) is 21.6. The average molecular weight is 539 g/mol. The molecular formula is C30H26N4O4S. The molecule has 5 rings (SSSR count). The summed E-state index contributed by atoms with van der Waals surface area (Å²) in [6, 6.07) is 25.8. The number of nitro groups is 1. The van der Waals surface area contributed by atoms with Gasteiger partial charge in [0, 0.05) is 28.6 Å². The average Bonchev–Trinajstić information content (AvgIpc) is 3.59. The highest BCUT2D eigenvalue weighted by Gasteiger charge is 2.11. The lowest BCUT2D eigenvalue weighted by Crippen LogP contribution is -2.11. The third-order valence-corrected chi connectivity index (χ3v) is 6.94. The summed E-state index contributed by atoms with van der Waals surface area (Å²) in [7, 11) is 1.64. The van der Waals surface area contributed by atoms with Crippen LogP contribution in [-0.2, 0) is 0 Å². The van der Waals surface area contributed by atoms with Crippen molar-refractivity contribution in [3.8, 4) is 28.3 Å². The van der Waals surface area contributed by atoms with Gasteiger partial charge in [0.15, 0.2) is 0 Å². The van der Waals surface area contributed by atoms with Crippen LogP contribution in [0.5, 0.6) is 5.75 Å². The van der Waals surface area contributed by atoms with Gasteiger partial charge < -0.3 is 9.15 Å². The van der Waals surface area contributed by atoms with Crippen molar-refractivity contribution in [2.24, 2.45) is 10.1 Å². The lowest BCUT2D eigenvalue weighted by atomic mass is 10.0. The number of ether oxygens (including phenoxy) is 1. The number of hydrogen-bond donors (Lipinski definition) is 0. The molecule has 5 aromatic rings. The fourth-order valence-corrected chi connectivity index (χ4v) is 4.81. The van der Waals surface area contributed by atoms with Gasteiger partial charge in [-0.3, -0.25) is 10.1 Å². The Morgan fingerprint density at radius 2 is 1.77 bits per heavy atom. The van der Waals surface area contributed by atoms with Crippen LogP contribution in [0, 0.1) is 10.1 Å². The Morgan fingerprint density at radius 3 is 2.46 bits per heavy atom. The van der Waals surface area contributed by atoms with Gasteiger partial charge in [0.1, 0.15) is 17.3 Å². The molecule has 0 aliphatic heterocycles. The van der Waals surface area contributed by atoms with Crippen molar-refractivity contribution in [3.05, 3.63) is 117 Å². The van der Waals surface area contributed by atoms with Crippen LogP contribution in [0.4, 0.5) is 11.4 Å². The lowest BCUT2D eigenvalue weighted by molar-refractivity contribution is -0.384. The second-order valence-electron chi connectivity index (χ2n) is 9.06. The molecule has 0 aliphatic rings. The molecule has 0 aliphatic carbocycles. The molecule has 0 N–H and O–H groups in total. The first kappa shape index (κ1) is 25.9. The minimum absolute atomic E-state index is 0.00441. The molecule has 0 radical (unpaired) electrons. The van der Waals surface area contributed by atoms with Crippen LogP contribution in [0.1, 0.15) is 31.1 Å². The first-order valence-corrected chi connectivity index (χ1v) is 13.2. The number of hydrogen-bond acceptors (Lipinski definition) is 7. The summed E-state index contributed by atoms with van der Waals surface area (Å²) in [5.41, 5.74) is 4.52. The Balaban J connectivity index is 1.52. The van der Waals surface area contributed by atoms with E-state index in [2.05, 4.69) is 26.0 Å². The molecule has 0 unspecified atom stereocenters. The van der Waals surface area contributed by atoms with Gasteiger partial charge in [0.2, 0.25) is 4.80 Å². The van der Waals surface area contributed by atoms with E-state index in [1.165, 1.54) is 29.0 Å². The highest BCUT2D eigenvalue weighted by molar-refractivity contribution is 7.07. The van der Waals surface area contributed by atoms with E-state index < -0.39 is 4.92 Å². The van der Waals surface area contributed by atoms with Gasteiger partial charge in [0.05, 0.1) is 29.6 Å². The van der Waals surface area contributed by atoms with Gasteiger partial charge >= 0.3 is 0 Å². The fourth-order valence-electron chi connectivity index (χ4n) is 3.96. The predicted octanol–water partition coefficient (Wildman–Crippen LogP) is 7.63. The molecule has 39 heavy (non-hydrogen) atoms. The van der Waals surface area contributed by atoms with Crippen LogP contribution in [-0.4, -0.2) is 22.9 Å². The third kappa shape index (κ3) is 5.89. The molecular weight excluding hydrogens is 512 g/mol. The fraction of sp³-hybridized carbons (Fsp3) is 0.133. The van der Waals surface area contributed by atoms with Crippen molar-refractivity contribution in [2.75, 3.05) is 7.11 Å². The van der Waals surface area contributed by atoms with E-state index in [-0.39, 0.29) is 5.69 Å². The van der Waals surface area contributed by atoms with E-state index in [1.54, 1.807) is 42.3 Å². The molecule has 0 atom stereocenters. The molecule has 0 bridgehead atoms. The number of nitro benzene ring substituents is 1. The number of aromatic nitrogens is 1. The molecule has 0 saturated carbocycles. The molecule has 9 heteroatoms. The highest BCUT2D eigenvalue weighted by Crippen LogP contribution is 2.27. The quantitative estimate of drug-likeness (QED) is 0.115. The maximum absolute atomic E-state index is 11.2. The van der Waals surface area contributed by atoms with E-state index in [1.807, 2.05) is 41.8 Å². The zero-order chi connectivity index (χ0) is 27.4. The Bertz CT molecular complexity index is 1690. The monoisotopic (exact) mass is 538 g/mol. The summed E-state index contributed by atoms with van der Waals surface area (Å²) in [6.07, 6.45) is 1.61. The predicted molar refractivity (Wildman–Crippen MR) is 154 cm³/mol. The summed E-state index contributed by atoms with van der Waals surface area (Å²) >= 11 is 1.48. The minimum Gasteiger partial charge on any atom is -0.497 e. The number of furan rings is 1. The number of rotatable bonds is 8. The molecule has 0 saturated heterocycles. The van der Waals surface area contributed by atoms with Crippen molar-refractivity contribution in [1.29, 1.82) is 0 Å². The highest BCUT2D eigenvalue weighted by atomic mass is 32.1. The molecule has 3 aromatic carbocycles. The van der Waals surface area contributed by atoms with E-state index in [0.29, 0.717) is 27.8 Å². The largest absolute Gasteiger partial charge is 0.497 e. The van der Waals surface area contributed by atoms with E-state index in [4.69, 9.17) is 19.2 Å². The van der Waals surface area contributed by atoms with E-state index in [9.17, 15) is 10.1 Å². The summed E-state index contributed by atoms with van der Waals surface area (Å²) in [5.74, 6) is 2.23. The SMILES string of the molecule is COc1ccc(-c2csc(=Nc3ccc(C(C)C)cc3)n2/N=C/c2ccc(-c3cccc([N+](=O)[O-])c3)o2)cc1. The Morgan fingerprint density at radius 1 is 1.00 bits per heavy atom. The summed E-state index contributed by atoms with van der Waals surface area (Å²) in [6.45, 7) is 4.32. The molecule has 8 nitrogen and oxygen atoms in total. The van der Waals surface area contributed by atoms with Crippen molar-refractivity contribution in [1.82, 2.24) is 4.68 Å². The number of nitrogens with zero attached hydrogens (tertiary/aromatic N) is 4. The van der Waals surface area contributed by atoms with Gasteiger partial charge in [-0.1, -0.05) is 38.1 Å². The molecule has 2 aromatic heterocycles. The van der Waals surface area contributed by atoms with E-state index in [0.717, 1.165) is 22.7 Å². The molecule has 0 spiro atoms. The van der Waals surface area contributed by atoms with Crippen LogP contribution >= 0.6 is 11.3 Å². The summed E-state index contributed by atoms with van der Waals surface area (Å²) < 4.78 is 13.0. The van der Waals surface area contributed by atoms with Crippen molar-refractivity contribution in [3.63, 3.8) is 0 Å². The van der Waals surface area contributed by atoms with Gasteiger partial charge in [-0.25, -0.2) is 9.67 Å². The smallest absolute Gasteiger partial charge is 0.270 e. The van der Waals surface area contributed by atoms with Crippen molar-refractivity contribution >= 4 is 28.9 Å².